The number of nitrogens with one attached hydrogen (secondary N) is 1. The van der Waals surface area contributed by atoms with Crippen LogP contribution in [0.15, 0.2) is 29.2 Å². The molecule has 2 aromatic heterocycles. The third kappa shape index (κ3) is 3.00. The van der Waals surface area contributed by atoms with E-state index in [1.165, 1.54) is 0 Å². The van der Waals surface area contributed by atoms with Gasteiger partial charge in [-0.3, -0.25) is 9.55 Å². The molecule has 0 atom stereocenters. The van der Waals surface area contributed by atoms with E-state index >= 15 is 0 Å². The molecule has 0 amide bonds. The highest BCUT2D eigenvalue weighted by molar-refractivity contribution is 6.31. The Morgan fingerprint density at radius 3 is 2.84 bits per heavy atom. The number of benzene rings is 1. The van der Waals surface area contributed by atoms with Gasteiger partial charge in [-0.15, -0.1) is 0 Å². The highest BCUT2D eigenvalue weighted by Crippen LogP contribution is 2.28. The third-order valence-corrected chi connectivity index (χ3v) is 5.01. The van der Waals surface area contributed by atoms with Gasteiger partial charge in [-0.2, -0.15) is 5.10 Å². The van der Waals surface area contributed by atoms with Crippen molar-refractivity contribution in [3.05, 3.63) is 45.7 Å². The van der Waals surface area contributed by atoms with Crippen LogP contribution in [0.1, 0.15) is 31.5 Å². The fraction of sp³-hybridized carbons (Fsp3) is 0.412. The fourth-order valence-electron chi connectivity index (χ4n) is 3.44. The van der Waals surface area contributed by atoms with Crippen molar-refractivity contribution in [3.63, 3.8) is 0 Å². The molecule has 1 aromatic carbocycles. The molecule has 130 valence electrons. The van der Waals surface area contributed by atoms with Crippen molar-refractivity contribution in [2.75, 3.05) is 18.0 Å². The second kappa shape index (κ2) is 6.48. The van der Waals surface area contributed by atoms with Crippen LogP contribution in [0.25, 0.3) is 11.0 Å². The molecular formula is C17H19ClN6O. The zero-order valence-electron chi connectivity index (χ0n) is 13.9. The Morgan fingerprint density at radius 2 is 2.08 bits per heavy atom. The number of aromatic nitrogens is 5. The van der Waals surface area contributed by atoms with E-state index in [1.807, 2.05) is 31.3 Å². The quantitative estimate of drug-likeness (QED) is 0.778. The summed E-state index contributed by atoms with van der Waals surface area (Å²) in [7, 11) is 0. The average Bonchev–Trinajstić information content (AvgIpc) is 3.01. The molecule has 1 aliphatic rings. The number of piperidine rings is 1. The molecular weight excluding hydrogens is 340 g/mol. The Hall–Kier alpha value is -2.41. The Labute approximate surface area is 149 Å². The molecule has 0 radical (unpaired) electrons. The van der Waals surface area contributed by atoms with Gasteiger partial charge in [-0.1, -0.05) is 11.6 Å². The van der Waals surface area contributed by atoms with Crippen LogP contribution in [-0.2, 0) is 6.54 Å². The van der Waals surface area contributed by atoms with Gasteiger partial charge in [0.25, 0.3) is 0 Å². The van der Waals surface area contributed by atoms with E-state index in [-0.39, 0.29) is 11.6 Å². The Bertz CT molecular complexity index is 957. The predicted molar refractivity (Wildman–Crippen MR) is 97.3 cm³/mol. The van der Waals surface area contributed by atoms with Gasteiger partial charge in [-0.25, -0.2) is 14.9 Å². The summed E-state index contributed by atoms with van der Waals surface area (Å²) < 4.78 is 1.72. The van der Waals surface area contributed by atoms with Gasteiger partial charge < -0.3 is 4.90 Å². The van der Waals surface area contributed by atoms with Crippen LogP contribution in [0, 0.1) is 0 Å². The summed E-state index contributed by atoms with van der Waals surface area (Å²) in [6.45, 7) is 4.32. The van der Waals surface area contributed by atoms with Gasteiger partial charge in [0, 0.05) is 30.6 Å². The molecule has 3 aromatic rings. The monoisotopic (exact) mass is 358 g/mol. The molecule has 1 N–H and O–H groups in total. The molecule has 1 fully saturated rings. The molecule has 4 rings (SSSR count). The smallest absolute Gasteiger partial charge is 0.343 e. The highest BCUT2D eigenvalue weighted by atomic mass is 35.5. The number of hydrogen-bond acceptors (Lipinski definition) is 5. The Morgan fingerprint density at radius 1 is 1.28 bits per heavy atom. The first-order valence-electron chi connectivity index (χ1n) is 8.48. The standard InChI is InChI=1S/C17H19ClN6O/c1-2-24-16(21-22-17(24)25)11-5-7-23(8-6-11)15-10-19-13-4-3-12(18)9-14(13)20-15/h3-4,9-11H,2,5-8H2,1H3,(H,22,25). The van der Waals surface area contributed by atoms with Gasteiger partial charge in [0.05, 0.1) is 17.2 Å². The number of anilines is 1. The topological polar surface area (TPSA) is 79.7 Å². The summed E-state index contributed by atoms with van der Waals surface area (Å²) in [6, 6.07) is 5.53. The summed E-state index contributed by atoms with van der Waals surface area (Å²) in [5, 5.41) is 7.45. The Balaban J connectivity index is 1.52. The second-order valence-corrected chi connectivity index (χ2v) is 6.69. The van der Waals surface area contributed by atoms with Gasteiger partial charge in [0.1, 0.15) is 11.6 Å². The molecule has 0 unspecified atom stereocenters. The zero-order chi connectivity index (χ0) is 17.4. The van der Waals surface area contributed by atoms with E-state index in [0.717, 1.165) is 48.6 Å². The Kier molecular flexibility index (Phi) is 4.17. The van der Waals surface area contributed by atoms with Crippen molar-refractivity contribution in [2.24, 2.45) is 0 Å². The largest absolute Gasteiger partial charge is 0.355 e. The number of halogens is 1. The molecule has 0 bridgehead atoms. The van der Waals surface area contributed by atoms with Crippen LogP contribution < -0.4 is 10.6 Å². The molecule has 0 aliphatic carbocycles. The number of aromatic amines is 1. The van der Waals surface area contributed by atoms with Crippen LogP contribution in [0.3, 0.4) is 0 Å². The molecule has 25 heavy (non-hydrogen) atoms. The third-order valence-electron chi connectivity index (χ3n) is 4.78. The molecule has 1 saturated heterocycles. The second-order valence-electron chi connectivity index (χ2n) is 6.25. The summed E-state index contributed by atoms with van der Waals surface area (Å²) in [4.78, 5) is 23.2. The van der Waals surface area contributed by atoms with Crippen molar-refractivity contribution in [1.82, 2.24) is 24.7 Å². The highest BCUT2D eigenvalue weighted by Gasteiger charge is 2.25. The van der Waals surface area contributed by atoms with Crippen molar-refractivity contribution in [3.8, 4) is 0 Å². The zero-order valence-corrected chi connectivity index (χ0v) is 14.7. The van der Waals surface area contributed by atoms with Crippen LogP contribution in [0.5, 0.6) is 0 Å². The lowest BCUT2D eigenvalue weighted by atomic mass is 9.96. The van der Waals surface area contributed by atoms with Crippen molar-refractivity contribution < 1.29 is 0 Å². The summed E-state index contributed by atoms with van der Waals surface area (Å²) in [6.07, 6.45) is 3.67. The lowest BCUT2D eigenvalue weighted by Gasteiger charge is -2.32. The summed E-state index contributed by atoms with van der Waals surface area (Å²) in [5.74, 6) is 2.02. The minimum absolute atomic E-state index is 0.128. The van der Waals surface area contributed by atoms with Gasteiger partial charge in [0.15, 0.2) is 0 Å². The number of nitrogens with zero attached hydrogens (tertiary/aromatic N) is 5. The van der Waals surface area contributed by atoms with Crippen molar-refractivity contribution in [1.29, 1.82) is 0 Å². The molecule has 3 heterocycles. The minimum atomic E-state index is -0.128. The SMILES string of the molecule is CCn1c(C2CCN(c3cnc4ccc(Cl)cc4n3)CC2)n[nH]c1=O. The normalized spacial score (nSPS) is 15.8. The van der Waals surface area contributed by atoms with E-state index in [4.69, 9.17) is 16.6 Å². The van der Waals surface area contributed by atoms with Crippen LogP contribution in [-0.4, -0.2) is 37.8 Å². The van der Waals surface area contributed by atoms with Crippen molar-refractivity contribution >= 4 is 28.5 Å². The lowest BCUT2D eigenvalue weighted by molar-refractivity contribution is 0.463. The molecule has 8 heteroatoms. The van der Waals surface area contributed by atoms with E-state index in [9.17, 15) is 4.79 Å². The van der Waals surface area contributed by atoms with E-state index in [0.29, 0.717) is 11.6 Å². The van der Waals surface area contributed by atoms with E-state index in [1.54, 1.807) is 4.57 Å². The number of hydrogen-bond donors (Lipinski definition) is 1. The fourth-order valence-corrected chi connectivity index (χ4v) is 3.61. The number of fused-ring (bicyclic) bond motifs is 1. The summed E-state index contributed by atoms with van der Waals surface area (Å²) in [5.41, 5.74) is 1.52. The molecule has 1 aliphatic heterocycles. The van der Waals surface area contributed by atoms with Crippen LogP contribution in [0.4, 0.5) is 5.82 Å². The first-order valence-corrected chi connectivity index (χ1v) is 8.86. The summed E-state index contributed by atoms with van der Waals surface area (Å²) >= 11 is 6.06. The van der Waals surface area contributed by atoms with Gasteiger partial charge in [0.2, 0.25) is 0 Å². The first-order chi connectivity index (χ1) is 12.2. The van der Waals surface area contributed by atoms with Crippen LogP contribution >= 0.6 is 11.6 Å². The maximum absolute atomic E-state index is 11.8. The van der Waals surface area contributed by atoms with Gasteiger partial charge >= 0.3 is 5.69 Å². The van der Waals surface area contributed by atoms with Gasteiger partial charge in [-0.05, 0) is 38.0 Å². The first kappa shape index (κ1) is 16.1. The van der Waals surface area contributed by atoms with E-state index in [2.05, 4.69) is 20.1 Å². The predicted octanol–water partition coefficient (Wildman–Crippen LogP) is 2.57. The molecule has 0 spiro atoms. The molecule has 7 nitrogen and oxygen atoms in total. The average molecular weight is 359 g/mol. The van der Waals surface area contributed by atoms with Crippen LogP contribution in [0.2, 0.25) is 5.02 Å². The maximum Gasteiger partial charge on any atom is 0.343 e. The van der Waals surface area contributed by atoms with E-state index < -0.39 is 0 Å². The van der Waals surface area contributed by atoms with Crippen molar-refractivity contribution in [2.45, 2.75) is 32.2 Å². The number of rotatable bonds is 3. The lowest BCUT2D eigenvalue weighted by Crippen LogP contribution is -2.34. The molecule has 0 saturated carbocycles. The minimum Gasteiger partial charge on any atom is -0.355 e. The maximum atomic E-state index is 11.8. The number of H-pyrrole nitrogens is 1.